The quantitative estimate of drug-likeness (QED) is 0.629. The standard InChI is InChI=1S/C21H18F2N2O3/c1-27-16-8-10-19(20(12-16)28-2)24-14-4-6-15(7-5-14)25-21(26)13-3-9-17(22)18(23)11-13/h3-12,24H,1-2H3,(H,25,26). The normalized spacial score (nSPS) is 10.3. The van der Waals surface area contributed by atoms with Crippen molar-refractivity contribution >= 4 is 23.0 Å². The second-order valence-electron chi connectivity index (χ2n) is 5.85. The Morgan fingerprint density at radius 3 is 2.18 bits per heavy atom. The van der Waals surface area contributed by atoms with E-state index >= 15 is 0 Å². The number of benzene rings is 3. The number of hydrogen-bond donors (Lipinski definition) is 2. The van der Waals surface area contributed by atoms with Crippen molar-refractivity contribution in [3.05, 3.63) is 77.9 Å². The summed E-state index contributed by atoms with van der Waals surface area (Å²) in [6.45, 7) is 0. The van der Waals surface area contributed by atoms with Crippen molar-refractivity contribution in [3.63, 3.8) is 0 Å². The van der Waals surface area contributed by atoms with Gasteiger partial charge in [-0.2, -0.15) is 0 Å². The molecule has 0 spiro atoms. The Morgan fingerprint density at radius 1 is 0.821 bits per heavy atom. The zero-order valence-electron chi connectivity index (χ0n) is 15.3. The molecule has 3 aromatic rings. The van der Waals surface area contributed by atoms with Crippen LogP contribution in [0.4, 0.5) is 25.8 Å². The lowest BCUT2D eigenvalue weighted by molar-refractivity contribution is 0.102. The summed E-state index contributed by atoms with van der Waals surface area (Å²) in [7, 11) is 3.14. The van der Waals surface area contributed by atoms with Crippen LogP contribution in [-0.4, -0.2) is 20.1 Å². The molecule has 0 aliphatic carbocycles. The largest absolute Gasteiger partial charge is 0.497 e. The molecule has 0 saturated carbocycles. The van der Waals surface area contributed by atoms with Crippen molar-refractivity contribution in [1.82, 2.24) is 0 Å². The second kappa shape index (κ2) is 8.39. The third kappa shape index (κ3) is 4.37. The lowest BCUT2D eigenvalue weighted by Gasteiger charge is -2.13. The van der Waals surface area contributed by atoms with E-state index in [0.29, 0.717) is 17.2 Å². The number of methoxy groups -OCH3 is 2. The Balaban J connectivity index is 1.70. The average molecular weight is 384 g/mol. The molecule has 1 amide bonds. The molecule has 2 N–H and O–H groups in total. The molecule has 0 bridgehead atoms. The van der Waals surface area contributed by atoms with Gasteiger partial charge in [0, 0.05) is 23.0 Å². The number of anilines is 3. The molecule has 144 valence electrons. The molecule has 0 radical (unpaired) electrons. The molecule has 0 heterocycles. The minimum atomic E-state index is -1.07. The van der Waals surface area contributed by atoms with Gasteiger partial charge in [0.25, 0.3) is 5.91 Å². The first-order valence-electron chi connectivity index (χ1n) is 8.35. The molecule has 3 rings (SSSR count). The highest BCUT2D eigenvalue weighted by Crippen LogP contribution is 2.31. The zero-order chi connectivity index (χ0) is 20.1. The predicted octanol–water partition coefficient (Wildman–Crippen LogP) is 4.98. The third-order valence-corrected chi connectivity index (χ3v) is 4.01. The van der Waals surface area contributed by atoms with Gasteiger partial charge in [-0.15, -0.1) is 0 Å². The van der Waals surface area contributed by atoms with Gasteiger partial charge in [0.1, 0.15) is 11.5 Å². The highest BCUT2D eigenvalue weighted by molar-refractivity contribution is 6.04. The Hall–Kier alpha value is -3.61. The van der Waals surface area contributed by atoms with Crippen LogP contribution >= 0.6 is 0 Å². The van der Waals surface area contributed by atoms with Crippen LogP contribution in [0.2, 0.25) is 0 Å². The molecule has 0 atom stereocenters. The van der Waals surface area contributed by atoms with Gasteiger partial charge in [0.05, 0.1) is 19.9 Å². The van der Waals surface area contributed by atoms with E-state index < -0.39 is 17.5 Å². The van der Waals surface area contributed by atoms with Crippen LogP contribution in [0.5, 0.6) is 11.5 Å². The molecule has 7 heteroatoms. The summed E-state index contributed by atoms with van der Waals surface area (Å²) in [4.78, 5) is 12.2. The first-order valence-corrected chi connectivity index (χ1v) is 8.35. The van der Waals surface area contributed by atoms with Crippen LogP contribution in [-0.2, 0) is 0 Å². The van der Waals surface area contributed by atoms with Crippen LogP contribution < -0.4 is 20.1 Å². The lowest BCUT2D eigenvalue weighted by atomic mass is 10.2. The van der Waals surface area contributed by atoms with Gasteiger partial charge in [-0.3, -0.25) is 4.79 Å². The number of ether oxygens (including phenoxy) is 2. The molecule has 0 aliphatic rings. The van der Waals surface area contributed by atoms with E-state index in [2.05, 4.69) is 10.6 Å². The summed E-state index contributed by atoms with van der Waals surface area (Å²) < 4.78 is 36.8. The van der Waals surface area contributed by atoms with Crippen LogP contribution in [0.3, 0.4) is 0 Å². The fourth-order valence-corrected chi connectivity index (χ4v) is 2.53. The van der Waals surface area contributed by atoms with Crippen LogP contribution in [0.1, 0.15) is 10.4 Å². The van der Waals surface area contributed by atoms with Crippen LogP contribution in [0.15, 0.2) is 60.7 Å². The Bertz CT molecular complexity index is 991. The number of halogens is 2. The van der Waals surface area contributed by atoms with Gasteiger partial charge in [0.2, 0.25) is 0 Å². The average Bonchev–Trinajstić information content (AvgIpc) is 2.71. The molecular weight excluding hydrogens is 366 g/mol. The van der Waals surface area contributed by atoms with Crippen molar-refractivity contribution in [1.29, 1.82) is 0 Å². The molecule has 3 aromatic carbocycles. The minimum Gasteiger partial charge on any atom is -0.497 e. The number of amides is 1. The second-order valence-corrected chi connectivity index (χ2v) is 5.85. The molecule has 0 unspecified atom stereocenters. The summed E-state index contributed by atoms with van der Waals surface area (Å²) in [5.41, 5.74) is 2.07. The first-order chi connectivity index (χ1) is 13.5. The van der Waals surface area contributed by atoms with Crippen molar-refractivity contribution < 1.29 is 23.0 Å². The van der Waals surface area contributed by atoms with Crippen molar-refractivity contribution in [2.75, 3.05) is 24.9 Å². The van der Waals surface area contributed by atoms with E-state index in [9.17, 15) is 13.6 Å². The smallest absolute Gasteiger partial charge is 0.255 e. The van der Waals surface area contributed by atoms with E-state index in [4.69, 9.17) is 9.47 Å². The third-order valence-electron chi connectivity index (χ3n) is 4.01. The number of hydrogen-bond acceptors (Lipinski definition) is 4. The van der Waals surface area contributed by atoms with E-state index in [1.54, 1.807) is 50.6 Å². The van der Waals surface area contributed by atoms with Gasteiger partial charge in [-0.1, -0.05) is 0 Å². The Morgan fingerprint density at radius 2 is 1.54 bits per heavy atom. The molecule has 0 aliphatic heterocycles. The fourth-order valence-electron chi connectivity index (χ4n) is 2.53. The summed E-state index contributed by atoms with van der Waals surface area (Å²) in [5, 5.41) is 5.85. The lowest BCUT2D eigenvalue weighted by Crippen LogP contribution is -2.12. The summed E-state index contributed by atoms with van der Waals surface area (Å²) >= 11 is 0. The van der Waals surface area contributed by atoms with E-state index in [0.717, 1.165) is 23.5 Å². The number of rotatable bonds is 6. The molecule has 0 aromatic heterocycles. The van der Waals surface area contributed by atoms with Gasteiger partial charge in [-0.05, 0) is 54.6 Å². The van der Waals surface area contributed by atoms with Crippen molar-refractivity contribution in [3.8, 4) is 11.5 Å². The Kier molecular flexibility index (Phi) is 5.74. The van der Waals surface area contributed by atoms with Crippen LogP contribution in [0, 0.1) is 11.6 Å². The first kappa shape index (κ1) is 19.2. The van der Waals surface area contributed by atoms with Gasteiger partial charge in [-0.25, -0.2) is 8.78 Å². The van der Waals surface area contributed by atoms with E-state index in [1.165, 1.54) is 6.07 Å². The maximum atomic E-state index is 13.3. The van der Waals surface area contributed by atoms with Crippen LogP contribution in [0.25, 0.3) is 0 Å². The molecule has 0 saturated heterocycles. The highest BCUT2D eigenvalue weighted by Gasteiger charge is 2.10. The van der Waals surface area contributed by atoms with E-state index in [-0.39, 0.29) is 5.56 Å². The number of carbonyl (C=O) groups is 1. The number of carbonyl (C=O) groups excluding carboxylic acids is 1. The van der Waals surface area contributed by atoms with Crippen molar-refractivity contribution in [2.45, 2.75) is 0 Å². The monoisotopic (exact) mass is 384 g/mol. The molecule has 28 heavy (non-hydrogen) atoms. The maximum absolute atomic E-state index is 13.3. The molecule has 5 nitrogen and oxygen atoms in total. The maximum Gasteiger partial charge on any atom is 0.255 e. The predicted molar refractivity (Wildman–Crippen MR) is 104 cm³/mol. The van der Waals surface area contributed by atoms with Gasteiger partial charge < -0.3 is 20.1 Å². The summed E-state index contributed by atoms with van der Waals surface area (Å²) in [6, 6.07) is 15.3. The highest BCUT2D eigenvalue weighted by atomic mass is 19.2. The summed E-state index contributed by atoms with van der Waals surface area (Å²) in [6.07, 6.45) is 0. The number of nitrogens with one attached hydrogen (secondary N) is 2. The van der Waals surface area contributed by atoms with Gasteiger partial charge >= 0.3 is 0 Å². The molecular formula is C21H18F2N2O3. The SMILES string of the molecule is COc1ccc(Nc2ccc(NC(=O)c3ccc(F)c(F)c3)cc2)c(OC)c1. The summed E-state index contributed by atoms with van der Waals surface area (Å²) in [5.74, 6) is -1.30. The van der Waals surface area contributed by atoms with E-state index in [1.807, 2.05) is 6.07 Å². The molecule has 0 fully saturated rings. The zero-order valence-corrected chi connectivity index (χ0v) is 15.3. The fraction of sp³-hybridized carbons (Fsp3) is 0.0952. The minimum absolute atomic E-state index is 0.0315. The topological polar surface area (TPSA) is 59.6 Å². The Labute approximate surface area is 160 Å². The van der Waals surface area contributed by atoms with Gasteiger partial charge in [0.15, 0.2) is 11.6 Å². The van der Waals surface area contributed by atoms with Crippen molar-refractivity contribution in [2.24, 2.45) is 0 Å².